The molecule has 92 valence electrons. The quantitative estimate of drug-likeness (QED) is 0.708. The summed E-state index contributed by atoms with van der Waals surface area (Å²) in [4.78, 5) is 0. The van der Waals surface area contributed by atoms with Crippen LogP contribution in [0.4, 0.5) is 0 Å². The van der Waals surface area contributed by atoms with Gasteiger partial charge in [-0.2, -0.15) is 0 Å². The minimum absolute atomic E-state index is 0.599. The zero-order valence-corrected chi connectivity index (χ0v) is 11.5. The van der Waals surface area contributed by atoms with Crippen LogP contribution in [0.25, 0.3) is 22.4 Å². The van der Waals surface area contributed by atoms with Crippen LogP contribution in [0.1, 0.15) is 45.1 Å². The third-order valence-electron chi connectivity index (χ3n) is 4.04. The molecule has 0 radical (unpaired) electrons. The Morgan fingerprint density at radius 3 is 2.61 bits per heavy atom. The molecule has 0 saturated heterocycles. The molecule has 0 bridgehead atoms. The average molecular weight is 236 g/mol. The molecule has 1 aliphatic carbocycles. The predicted molar refractivity (Wildman–Crippen MR) is 80.1 cm³/mol. The fraction of sp³-hybridized carbons (Fsp3) is 0.333. The Morgan fingerprint density at radius 2 is 1.83 bits per heavy atom. The Bertz CT molecular complexity index is 718. The number of fused-ring (bicyclic) bond motifs is 2. The van der Waals surface area contributed by atoms with Gasteiger partial charge in [-0.15, -0.1) is 0 Å². The van der Waals surface area contributed by atoms with Crippen LogP contribution >= 0.6 is 0 Å². The molecule has 0 saturated carbocycles. The van der Waals surface area contributed by atoms with Crippen LogP contribution in [0.5, 0.6) is 0 Å². The summed E-state index contributed by atoms with van der Waals surface area (Å²) in [6.45, 7) is 6.78. The van der Waals surface area contributed by atoms with E-state index in [0.717, 1.165) is 0 Å². The summed E-state index contributed by atoms with van der Waals surface area (Å²) in [7, 11) is 0. The minimum atomic E-state index is 0.599. The molecule has 1 aliphatic rings. The first kappa shape index (κ1) is 11.5. The number of hydrogen-bond acceptors (Lipinski definition) is 0. The van der Waals surface area contributed by atoms with Crippen LogP contribution in [-0.2, 0) is 0 Å². The maximum Gasteiger partial charge on any atom is -0.0175 e. The first-order valence-electron chi connectivity index (χ1n) is 6.89. The minimum Gasteiger partial charge on any atom is -0.0763 e. The van der Waals surface area contributed by atoms with Gasteiger partial charge < -0.3 is 0 Å². The van der Waals surface area contributed by atoms with Gasteiger partial charge in [-0.1, -0.05) is 43.7 Å². The SMILES string of the molecule is CC1=c2cc3cc(C(C)C)ccc3cc2=CCC1. The highest BCUT2D eigenvalue weighted by molar-refractivity contribution is 5.84. The van der Waals surface area contributed by atoms with Crippen molar-refractivity contribution >= 4 is 22.4 Å². The van der Waals surface area contributed by atoms with E-state index in [1.165, 1.54) is 45.2 Å². The average Bonchev–Trinajstić information content (AvgIpc) is 2.36. The Kier molecular flexibility index (Phi) is 2.74. The van der Waals surface area contributed by atoms with E-state index in [-0.39, 0.29) is 0 Å². The van der Waals surface area contributed by atoms with Gasteiger partial charge in [0.25, 0.3) is 0 Å². The lowest BCUT2D eigenvalue weighted by Gasteiger charge is -2.10. The molecule has 0 N–H and O–H groups in total. The van der Waals surface area contributed by atoms with Crippen molar-refractivity contribution in [1.29, 1.82) is 0 Å². The second kappa shape index (κ2) is 4.28. The van der Waals surface area contributed by atoms with Crippen molar-refractivity contribution in [2.75, 3.05) is 0 Å². The lowest BCUT2D eigenvalue weighted by atomic mass is 9.95. The molecule has 0 atom stereocenters. The van der Waals surface area contributed by atoms with Crippen molar-refractivity contribution in [2.45, 2.75) is 39.5 Å². The molecule has 0 heterocycles. The van der Waals surface area contributed by atoms with Gasteiger partial charge in [0.15, 0.2) is 0 Å². The van der Waals surface area contributed by atoms with Crippen molar-refractivity contribution in [3.8, 4) is 0 Å². The summed E-state index contributed by atoms with van der Waals surface area (Å²) in [6.07, 6.45) is 4.77. The molecule has 2 aromatic carbocycles. The van der Waals surface area contributed by atoms with Gasteiger partial charge in [0, 0.05) is 0 Å². The van der Waals surface area contributed by atoms with E-state index in [0.29, 0.717) is 5.92 Å². The molecule has 0 fully saturated rings. The molecular weight excluding hydrogens is 216 g/mol. The second-order valence-electron chi connectivity index (χ2n) is 5.72. The summed E-state index contributed by atoms with van der Waals surface area (Å²) in [5.41, 5.74) is 2.96. The lowest BCUT2D eigenvalue weighted by Crippen LogP contribution is -2.28. The van der Waals surface area contributed by atoms with Gasteiger partial charge in [0.05, 0.1) is 0 Å². The van der Waals surface area contributed by atoms with Crippen LogP contribution < -0.4 is 10.4 Å². The third kappa shape index (κ3) is 1.86. The van der Waals surface area contributed by atoms with Crippen LogP contribution in [0.15, 0.2) is 30.3 Å². The highest BCUT2D eigenvalue weighted by Gasteiger charge is 2.04. The van der Waals surface area contributed by atoms with Crippen molar-refractivity contribution in [1.82, 2.24) is 0 Å². The number of hydrogen-bond donors (Lipinski definition) is 0. The van der Waals surface area contributed by atoms with E-state index in [2.05, 4.69) is 57.2 Å². The topological polar surface area (TPSA) is 0 Å². The van der Waals surface area contributed by atoms with Crippen LogP contribution in [0.3, 0.4) is 0 Å². The van der Waals surface area contributed by atoms with Crippen LogP contribution in [0, 0.1) is 0 Å². The predicted octanol–water partition coefficient (Wildman–Crippen LogP) is 3.71. The summed E-state index contributed by atoms with van der Waals surface area (Å²) in [6, 6.07) is 11.6. The van der Waals surface area contributed by atoms with E-state index in [1.54, 1.807) is 0 Å². The first-order valence-corrected chi connectivity index (χ1v) is 6.89. The highest BCUT2D eigenvalue weighted by atomic mass is 14.1. The number of rotatable bonds is 1. The van der Waals surface area contributed by atoms with E-state index < -0.39 is 0 Å². The zero-order chi connectivity index (χ0) is 12.7. The Balaban J connectivity index is 2.36. The largest absolute Gasteiger partial charge is 0.0763 e. The molecule has 0 amide bonds. The van der Waals surface area contributed by atoms with Gasteiger partial charge in [-0.05, 0) is 64.6 Å². The molecular formula is C18H20. The molecule has 0 spiro atoms. The fourth-order valence-electron chi connectivity index (χ4n) is 2.81. The zero-order valence-electron chi connectivity index (χ0n) is 11.5. The lowest BCUT2D eigenvalue weighted by molar-refractivity contribution is 0.869. The van der Waals surface area contributed by atoms with Gasteiger partial charge in [-0.25, -0.2) is 0 Å². The normalized spacial score (nSPS) is 14.8. The number of benzene rings is 2. The maximum absolute atomic E-state index is 2.38. The molecule has 3 rings (SSSR count). The molecule has 2 aromatic rings. The Labute approximate surface area is 109 Å². The summed E-state index contributed by atoms with van der Waals surface area (Å²) < 4.78 is 0. The maximum atomic E-state index is 2.38. The highest BCUT2D eigenvalue weighted by Crippen LogP contribution is 2.20. The fourth-order valence-corrected chi connectivity index (χ4v) is 2.81. The first-order chi connectivity index (χ1) is 8.65. The summed E-state index contributed by atoms with van der Waals surface area (Å²) in [5.74, 6) is 0.599. The van der Waals surface area contributed by atoms with Crippen molar-refractivity contribution in [2.24, 2.45) is 0 Å². The second-order valence-corrected chi connectivity index (χ2v) is 5.72. The Morgan fingerprint density at radius 1 is 1.00 bits per heavy atom. The van der Waals surface area contributed by atoms with Crippen LogP contribution in [0.2, 0.25) is 0 Å². The van der Waals surface area contributed by atoms with Crippen molar-refractivity contribution < 1.29 is 0 Å². The monoisotopic (exact) mass is 236 g/mol. The standard InChI is InChI=1S/C18H20/c1-12(2)14-7-8-15-10-16-6-4-5-13(3)18(16)11-17(15)9-14/h6-12H,4-5H2,1-3H3. The van der Waals surface area contributed by atoms with Gasteiger partial charge in [0.1, 0.15) is 0 Å². The van der Waals surface area contributed by atoms with Crippen LogP contribution in [-0.4, -0.2) is 0 Å². The van der Waals surface area contributed by atoms with E-state index >= 15 is 0 Å². The van der Waals surface area contributed by atoms with E-state index in [9.17, 15) is 0 Å². The Hall–Kier alpha value is -1.56. The van der Waals surface area contributed by atoms with E-state index in [4.69, 9.17) is 0 Å². The van der Waals surface area contributed by atoms with Crippen molar-refractivity contribution in [3.05, 3.63) is 46.3 Å². The molecule has 0 aromatic heterocycles. The molecule has 18 heavy (non-hydrogen) atoms. The summed E-state index contributed by atoms with van der Waals surface area (Å²) >= 11 is 0. The third-order valence-corrected chi connectivity index (χ3v) is 4.04. The van der Waals surface area contributed by atoms with Gasteiger partial charge in [-0.3, -0.25) is 0 Å². The molecule has 0 unspecified atom stereocenters. The van der Waals surface area contributed by atoms with Gasteiger partial charge >= 0.3 is 0 Å². The molecule has 0 aliphatic heterocycles. The smallest absolute Gasteiger partial charge is 0.0175 e. The van der Waals surface area contributed by atoms with Gasteiger partial charge in [0.2, 0.25) is 0 Å². The molecule has 0 nitrogen and oxygen atoms in total. The van der Waals surface area contributed by atoms with Crippen molar-refractivity contribution in [3.63, 3.8) is 0 Å². The summed E-state index contributed by atoms with van der Waals surface area (Å²) in [5, 5.41) is 5.62. The van der Waals surface area contributed by atoms with E-state index in [1.807, 2.05) is 0 Å². The molecule has 0 heteroatoms.